The van der Waals surface area contributed by atoms with Crippen LogP contribution in [-0.2, 0) is 10.0 Å². The first-order valence-corrected chi connectivity index (χ1v) is 8.51. The van der Waals surface area contributed by atoms with Gasteiger partial charge in [-0.2, -0.15) is 8.42 Å². The van der Waals surface area contributed by atoms with Gasteiger partial charge in [0.2, 0.25) is 5.96 Å². The number of fused-ring (bicyclic) bond motifs is 1. The van der Waals surface area contributed by atoms with Gasteiger partial charge in [-0.3, -0.25) is 0 Å². The van der Waals surface area contributed by atoms with Crippen LogP contribution >= 0.6 is 15.9 Å². The molecule has 2 N–H and O–H groups in total. The molecule has 0 bridgehead atoms. The lowest BCUT2D eigenvalue weighted by Crippen LogP contribution is -2.45. The molecule has 0 aromatic heterocycles. The van der Waals surface area contributed by atoms with Crippen molar-refractivity contribution < 1.29 is 8.42 Å². The maximum atomic E-state index is 12.2. The van der Waals surface area contributed by atoms with Crippen LogP contribution in [-0.4, -0.2) is 20.4 Å². The van der Waals surface area contributed by atoms with Gasteiger partial charge in [0.1, 0.15) is 4.90 Å². The Morgan fingerprint density at radius 3 is 2.60 bits per heavy atom. The summed E-state index contributed by atoms with van der Waals surface area (Å²) in [5, 5.41) is 6.14. The Labute approximate surface area is 128 Å². The van der Waals surface area contributed by atoms with Gasteiger partial charge in [0.15, 0.2) is 0 Å². The predicted octanol–water partition coefficient (Wildman–Crippen LogP) is 2.94. The fourth-order valence-corrected chi connectivity index (χ4v) is 3.24. The molecule has 0 spiro atoms. The quantitative estimate of drug-likeness (QED) is 0.808. The Morgan fingerprint density at radius 1 is 1.35 bits per heavy atom. The number of rotatable bonds is 1. The van der Waals surface area contributed by atoms with E-state index in [2.05, 4.69) is 51.7 Å². The largest absolute Gasteiger partial charge is 0.352 e. The van der Waals surface area contributed by atoms with Crippen LogP contribution in [0, 0.1) is 5.41 Å². The first kappa shape index (κ1) is 15.3. The standard InChI is InChI=1S/C13H18BrN3O2S/c1-8(13(2,3)4)15-12-16-10-6-5-9(14)7-11(10)20(18,19)17-12/h5-8H,1-4H3,(H2,15,16,17). The highest BCUT2D eigenvalue weighted by molar-refractivity contribution is 9.10. The molecule has 110 valence electrons. The summed E-state index contributed by atoms with van der Waals surface area (Å²) in [6, 6.07) is 5.12. The molecular weight excluding hydrogens is 342 g/mol. The lowest BCUT2D eigenvalue weighted by Gasteiger charge is -2.30. The molecular formula is C13H18BrN3O2S. The van der Waals surface area contributed by atoms with E-state index in [1.165, 1.54) is 0 Å². The van der Waals surface area contributed by atoms with E-state index < -0.39 is 10.0 Å². The van der Waals surface area contributed by atoms with Gasteiger partial charge in [-0.15, -0.1) is 4.40 Å². The summed E-state index contributed by atoms with van der Waals surface area (Å²) in [6.45, 7) is 8.22. The molecule has 0 aliphatic carbocycles. The summed E-state index contributed by atoms with van der Waals surface area (Å²) < 4.78 is 28.9. The highest BCUT2D eigenvalue weighted by Gasteiger charge is 2.28. The highest BCUT2D eigenvalue weighted by atomic mass is 79.9. The minimum Gasteiger partial charge on any atom is -0.352 e. The Morgan fingerprint density at radius 2 is 2.00 bits per heavy atom. The lowest BCUT2D eigenvalue weighted by atomic mass is 9.88. The smallest absolute Gasteiger partial charge is 0.287 e. The van der Waals surface area contributed by atoms with Gasteiger partial charge in [0, 0.05) is 10.5 Å². The highest BCUT2D eigenvalue weighted by Crippen LogP contribution is 2.30. The maximum absolute atomic E-state index is 12.2. The zero-order valence-corrected chi connectivity index (χ0v) is 14.3. The number of hydrogen-bond donors (Lipinski definition) is 2. The van der Waals surface area contributed by atoms with Crippen LogP contribution in [0.3, 0.4) is 0 Å². The Bertz CT molecular complexity index is 663. The first-order chi connectivity index (χ1) is 9.09. The molecule has 1 aromatic rings. The zero-order valence-electron chi connectivity index (χ0n) is 11.9. The van der Waals surface area contributed by atoms with Crippen molar-refractivity contribution >= 4 is 37.6 Å². The molecule has 1 aliphatic rings. The SMILES string of the molecule is CC(NC1=NS(=O)(=O)c2cc(Br)ccc2N1)C(C)(C)C. The predicted molar refractivity (Wildman–Crippen MR) is 84.4 cm³/mol. The number of nitrogens with one attached hydrogen (secondary N) is 2. The van der Waals surface area contributed by atoms with Gasteiger partial charge in [-0.1, -0.05) is 36.7 Å². The second-order valence-electron chi connectivity index (χ2n) is 5.91. The molecule has 7 heteroatoms. The molecule has 1 heterocycles. The average molecular weight is 360 g/mol. The van der Waals surface area contributed by atoms with Crippen molar-refractivity contribution in [3.8, 4) is 0 Å². The number of guanidine groups is 1. The van der Waals surface area contributed by atoms with E-state index in [0.717, 1.165) is 0 Å². The fourth-order valence-electron chi connectivity index (χ4n) is 1.62. The molecule has 0 saturated heterocycles. The molecule has 0 fully saturated rings. The van der Waals surface area contributed by atoms with Crippen molar-refractivity contribution in [2.45, 2.75) is 38.6 Å². The van der Waals surface area contributed by atoms with Crippen molar-refractivity contribution in [3.05, 3.63) is 22.7 Å². The lowest BCUT2D eigenvalue weighted by molar-refractivity contribution is 0.316. The van der Waals surface area contributed by atoms with E-state index in [9.17, 15) is 8.42 Å². The number of benzene rings is 1. The van der Waals surface area contributed by atoms with Crippen molar-refractivity contribution in [1.82, 2.24) is 5.32 Å². The second-order valence-corrected chi connectivity index (χ2v) is 8.40. The minimum absolute atomic E-state index is 0.00600. The summed E-state index contributed by atoms with van der Waals surface area (Å²) in [5.74, 6) is 0.266. The van der Waals surface area contributed by atoms with Crippen molar-refractivity contribution in [1.29, 1.82) is 0 Å². The van der Waals surface area contributed by atoms with Gasteiger partial charge in [-0.25, -0.2) is 0 Å². The molecule has 5 nitrogen and oxygen atoms in total. The number of halogens is 1. The van der Waals surface area contributed by atoms with Crippen LogP contribution in [0.5, 0.6) is 0 Å². The molecule has 1 aromatic carbocycles. The third-order valence-corrected chi connectivity index (χ3v) is 5.15. The van der Waals surface area contributed by atoms with Crippen LogP contribution < -0.4 is 10.6 Å². The molecule has 1 unspecified atom stereocenters. The van der Waals surface area contributed by atoms with E-state index in [0.29, 0.717) is 10.2 Å². The van der Waals surface area contributed by atoms with E-state index >= 15 is 0 Å². The molecule has 1 aliphatic heterocycles. The molecule has 0 saturated carbocycles. The van der Waals surface area contributed by atoms with Gasteiger partial charge < -0.3 is 10.6 Å². The van der Waals surface area contributed by atoms with Crippen molar-refractivity contribution in [2.75, 3.05) is 5.32 Å². The summed E-state index contributed by atoms with van der Waals surface area (Å²) >= 11 is 3.27. The Balaban J connectivity index is 2.34. The van der Waals surface area contributed by atoms with E-state index in [1.807, 2.05) is 6.92 Å². The van der Waals surface area contributed by atoms with Gasteiger partial charge in [0.25, 0.3) is 10.0 Å². The van der Waals surface area contributed by atoms with Gasteiger partial charge >= 0.3 is 0 Å². The molecule has 20 heavy (non-hydrogen) atoms. The summed E-state index contributed by atoms with van der Waals surface area (Å²) in [7, 11) is -3.67. The molecule has 0 amide bonds. The second kappa shape index (κ2) is 5.04. The average Bonchev–Trinajstić information content (AvgIpc) is 2.28. The van der Waals surface area contributed by atoms with Crippen LogP contribution in [0.25, 0.3) is 0 Å². The zero-order chi connectivity index (χ0) is 15.1. The molecule has 0 radical (unpaired) electrons. The summed E-state index contributed by atoms with van der Waals surface area (Å²) in [5.41, 5.74) is 0.528. The van der Waals surface area contributed by atoms with Gasteiger partial charge in [0.05, 0.1) is 5.69 Å². The van der Waals surface area contributed by atoms with Crippen LogP contribution in [0.4, 0.5) is 5.69 Å². The maximum Gasteiger partial charge on any atom is 0.287 e. The Hall–Kier alpha value is -1.08. The van der Waals surface area contributed by atoms with Crippen LogP contribution in [0.15, 0.2) is 32.0 Å². The van der Waals surface area contributed by atoms with Gasteiger partial charge in [-0.05, 0) is 30.5 Å². The number of sulfonamides is 1. The Kier molecular flexibility index (Phi) is 3.85. The minimum atomic E-state index is -3.67. The number of anilines is 1. The van der Waals surface area contributed by atoms with E-state index in [4.69, 9.17) is 0 Å². The van der Waals surface area contributed by atoms with E-state index in [1.54, 1.807) is 18.2 Å². The fraction of sp³-hybridized carbons (Fsp3) is 0.462. The van der Waals surface area contributed by atoms with Crippen molar-refractivity contribution in [3.63, 3.8) is 0 Å². The normalized spacial score (nSPS) is 18.6. The third-order valence-electron chi connectivity index (χ3n) is 3.34. The van der Waals surface area contributed by atoms with E-state index in [-0.39, 0.29) is 22.3 Å². The summed E-state index contributed by atoms with van der Waals surface area (Å²) in [6.07, 6.45) is 0. The van der Waals surface area contributed by atoms with Crippen molar-refractivity contribution in [2.24, 2.45) is 9.81 Å². The topological polar surface area (TPSA) is 70.6 Å². The molecule has 1 atom stereocenters. The summed E-state index contributed by atoms with van der Waals surface area (Å²) in [4.78, 5) is 0.181. The number of nitrogens with zero attached hydrogens (tertiary/aromatic N) is 1. The molecule has 2 rings (SSSR count). The van der Waals surface area contributed by atoms with Crippen LogP contribution in [0.2, 0.25) is 0 Å². The first-order valence-electron chi connectivity index (χ1n) is 6.28. The number of hydrogen-bond acceptors (Lipinski definition) is 4. The third kappa shape index (κ3) is 3.15. The van der Waals surface area contributed by atoms with Crippen LogP contribution in [0.1, 0.15) is 27.7 Å². The monoisotopic (exact) mass is 359 g/mol.